The fourth-order valence-electron chi connectivity index (χ4n) is 1.72. The van der Waals surface area contributed by atoms with Crippen LogP contribution in [0.15, 0.2) is 28.7 Å². The molecule has 1 aromatic carbocycles. The molecule has 0 unspecified atom stereocenters. The number of amides is 1. The van der Waals surface area contributed by atoms with E-state index in [0.29, 0.717) is 5.13 Å². The number of nitrogens with one attached hydrogen (secondary N) is 1. The second-order valence-corrected chi connectivity index (χ2v) is 6.38. The first-order valence-electron chi connectivity index (χ1n) is 6.77. The number of anilines is 1. The molecule has 1 aromatic heterocycles. The molecule has 0 saturated carbocycles. The molecule has 0 aliphatic heterocycles. The number of ether oxygens (including phenoxy) is 1. The van der Waals surface area contributed by atoms with E-state index >= 15 is 0 Å². The lowest BCUT2D eigenvalue weighted by atomic mass is 10.2. The SMILES string of the molecule is CCCc1nnc(NC(=O)C=Cc2ccc(OC)c(Br)c2)s1. The van der Waals surface area contributed by atoms with Crippen molar-refractivity contribution in [3.8, 4) is 5.75 Å². The van der Waals surface area contributed by atoms with Crippen molar-refractivity contribution in [2.24, 2.45) is 0 Å². The molecule has 22 heavy (non-hydrogen) atoms. The van der Waals surface area contributed by atoms with Crippen molar-refractivity contribution in [1.29, 1.82) is 0 Å². The van der Waals surface area contributed by atoms with Crippen molar-refractivity contribution in [2.75, 3.05) is 12.4 Å². The van der Waals surface area contributed by atoms with Crippen LogP contribution in [0.4, 0.5) is 5.13 Å². The van der Waals surface area contributed by atoms with Gasteiger partial charge in [-0.15, -0.1) is 10.2 Å². The van der Waals surface area contributed by atoms with Crippen molar-refractivity contribution < 1.29 is 9.53 Å². The van der Waals surface area contributed by atoms with Crippen LogP contribution in [0.3, 0.4) is 0 Å². The third kappa shape index (κ3) is 4.64. The maximum absolute atomic E-state index is 11.9. The Morgan fingerprint density at radius 3 is 2.95 bits per heavy atom. The topological polar surface area (TPSA) is 64.1 Å². The summed E-state index contributed by atoms with van der Waals surface area (Å²) in [6, 6.07) is 5.59. The van der Waals surface area contributed by atoms with Gasteiger partial charge in [-0.2, -0.15) is 0 Å². The molecule has 7 heteroatoms. The Bertz CT molecular complexity index is 685. The third-order valence-corrected chi connectivity index (χ3v) is 4.28. The number of aromatic nitrogens is 2. The number of aryl methyl sites for hydroxylation is 1. The maximum Gasteiger partial charge on any atom is 0.250 e. The Hall–Kier alpha value is -1.73. The van der Waals surface area contributed by atoms with E-state index in [1.54, 1.807) is 13.2 Å². The minimum absolute atomic E-state index is 0.230. The summed E-state index contributed by atoms with van der Waals surface area (Å²) >= 11 is 4.81. The van der Waals surface area contributed by atoms with Crippen LogP contribution in [-0.4, -0.2) is 23.2 Å². The summed E-state index contributed by atoms with van der Waals surface area (Å²) in [5, 5.41) is 12.1. The Labute approximate surface area is 141 Å². The van der Waals surface area contributed by atoms with Gasteiger partial charge in [0, 0.05) is 12.5 Å². The molecule has 0 radical (unpaired) electrons. The molecular weight excluding hydrogens is 366 g/mol. The zero-order valence-electron chi connectivity index (χ0n) is 12.3. The van der Waals surface area contributed by atoms with Crippen LogP contribution in [0.2, 0.25) is 0 Å². The highest BCUT2D eigenvalue weighted by Crippen LogP contribution is 2.26. The first kappa shape index (κ1) is 16.6. The van der Waals surface area contributed by atoms with E-state index in [9.17, 15) is 4.79 Å². The number of carbonyl (C=O) groups excluding carboxylic acids is 1. The number of nitrogens with zero attached hydrogens (tertiary/aromatic N) is 2. The third-order valence-electron chi connectivity index (χ3n) is 2.76. The number of hydrogen-bond acceptors (Lipinski definition) is 5. The Balaban J connectivity index is 1.97. The van der Waals surface area contributed by atoms with Gasteiger partial charge in [0.05, 0.1) is 11.6 Å². The van der Waals surface area contributed by atoms with E-state index in [0.717, 1.165) is 33.6 Å². The molecule has 2 rings (SSSR count). The number of carbonyl (C=O) groups is 1. The van der Waals surface area contributed by atoms with Gasteiger partial charge in [-0.3, -0.25) is 10.1 Å². The molecule has 2 aromatic rings. The van der Waals surface area contributed by atoms with E-state index in [-0.39, 0.29) is 5.91 Å². The van der Waals surface area contributed by atoms with Crippen LogP contribution < -0.4 is 10.1 Å². The lowest BCUT2D eigenvalue weighted by molar-refractivity contribution is -0.111. The zero-order valence-corrected chi connectivity index (χ0v) is 14.7. The van der Waals surface area contributed by atoms with Gasteiger partial charge < -0.3 is 4.74 Å². The first-order valence-corrected chi connectivity index (χ1v) is 8.38. The average molecular weight is 382 g/mol. The number of rotatable bonds is 6. The number of halogens is 1. The summed E-state index contributed by atoms with van der Waals surface area (Å²) < 4.78 is 6.00. The van der Waals surface area contributed by atoms with E-state index < -0.39 is 0 Å². The summed E-state index contributed by atoms with van der Waals surface area (Å²) in [5.41, 5.74) is 0.895. The molecule has 0 fully saturated rings. The summed E-state index contributed by atoms with van der Waals surface area (Å²) in [5.74, 6) is 0.519. The normalized spacial score (nSPS) is 10.9. The molecule has 0 aliphatic rings. The average Bonchev–Trinajstić information content (AvgIpc) is 2.93. The second-order valence-electron chi connectivity index (χ2n) is 4.47. The predicted octanol–water partition coefficient (Wildman–Crippen LogP) is 3.91. The Kier molecular flexibility index (Phi) is 6.09. The van der Waals surface area contributed by atoms with Gasteiger partial charge in [-0.25, -0.2) is 0 Å². The van der Waals surface area contributed by atoms with E-state index in [4.69, 9.17) is 4.74 Å². The second kappa shape index (κ2) is 8.05. The standard InChI is InChI=1S/C15H16BrN3O2S/c1-3-4-14-18-19-15(22-14)17-13(20)8-6-10-5-7-12(21-2)11(16)9-10/h5-9H,3-4H2,1-2H3,(H,17,19,20). The van der Waals surface area contributed by atoms with Crippen LogP contribution in [0.5, 0.6) is 5.75 Å². The maximum atomic E-state index is 11.9. The fraction of sp³-hybridized carbons (Fsp3) is 0.267. The molecule has 0 bridgehead atoms. The monoisotopic (exact) mass is 381 g/mol. The van der Waals surface area contributed by atoms with Crippen LogP contribution in [-0.2, 0) is 11.2 Å². The molecule has 0 saturated heterocycles. The molecular formula is C15H16BrN3O2S. The number of methoxy groups -OCH3 is 1. The van der Waals surface area contributed by atoms with Crippen LogP contribution in [0.1, 0.15) is 23.9 Å². The lowest BCUT2D eigenvalue weighted by Crippen LogP contribution is -2.07. The Morgan fingerprint density at radius 1 is 1.45 bits per heavy atom. The summed E-state index contributed by atoms with van der Waals surface area (Å²) in [4.78, 5) is 11.9. The largest absolute Gasteiger partial charge is 0.496 e. The van der Waals surface area contributed by atoms with Gasteiger partial charge in [0.25, 0.3) is 0 Å². The molecule has 1 amide bonds. The fourth-order valence-corrected chi connectivity index (χ4v) is 3.13. The number of benzene rings is 1. The molecule has 1 heterocycles. The van der Waals surface area contributed by atoms with Crippen molar-refractivity contribution in [3.05, 3.63) is 39.3 Å². The summed E-state index contributed by atoms with van der Waals surface area (Å²) in [6.45, 7) is 2.08. The van der Waals surface area contributed by atoms with Crippen molar-refractivity contribution >= 4 is 44.4 Å². The van der Waals surface area contributed by atoms with E-state index in [2.05, 4.69) is 38.4 Å². The smallest absolute Gasteiger partial charge is 0.250 e. The lowest BCUT2D eigenvalue weighted by Gasteiger charge is -2.03. The molecule has 116 valence electrons. The summed E-state index contributed by atoms with van der Waals surface area (Å²) in [7, 11) is 1.61. The highest BCUT2D eigenvalue weighted by atomic mass is 79.9. The van der Waals surface area contributed by atoms with Gasteiger partial charge >= 0.3 is 0 Å². The van der Waals surface area contributed by atoms with Crippen molar-refractivity contribution in [3.63, 3.8) is 0 Å². The number of hydrogen-bond donors (Lipinski definition) is 1. The van der Waals surface area contributed by atoms with E-state index in [1.165, 1.54) is 17.4 Å². The van der Waals surface area contributed by atoms with Gasteiger partial charge in [-0.1, -0.05) is 24.3 Å². The molecule has 1 N–H and O–H groups in total. The van der Waals surface area contributed by atoms with Crippen molar-refractivity contribution in [2.45, 2.75) is 19.8 Å². The quantitative estimate of drug-likeness (QED) is 0.770. The van der Waals surface area contributed by atoms with Gasteiger partial charge in [-0.05, 0) is 46.1 Å². The molecule has 0 spiro atoms. The summed E-state index contributed by atoms with van der Waals surface area (Å²) in [6.07, 6.45) is 5.08. The molecule has 5 nitrogen and oxygen atoms in total. The van der Waals surface area contributed by atoms with Crippen molar-refractivity contribution in [1.82, 2.24) is 10.2 Å². The van der Waals surface area contributed by atoms with Gasteiger partial charge in [0.2, 0.25) is 11.0 Å². The minimum atomic E-state index is -0.230. The predicted molar refractivity (Wildman–Crippen MR) is 92.3 cm³/mol. The molecule has 0 aliphatic carbocycles. The highest BCUT2D eigenvalue weighted by Gasteiger charge is 2.05. The highest BCUT2D eigenvalue weighted by molar-refractivity contribution is 9.10. The van der Waals surface area contributed by atoms with Crippen LogP contribution in [0, 0.1) is 0 Å². The molecule has 0 atom stereocenters. The van der Waals surface area contributed by atoms with Gasteiger partial charge in [0.1, 0.15) is 10.8 Å². The van der Waals surface area contributed by atoms with Crippen LogP contribution in [0.25, 0.3) is 6.08 Å². The van der Waals surface area contributed by atoms with Crippen LogP contribution >= 0.6 is 27.3 Å². The zero-order chi connectivity index (χ0) is 15.9. The van der Waals surface area contributed by atoms with E-state index in [1.807, 2.05) is 18.2 Å². The minimum Gasteiger partial charge on any atom is -0.496 e. The van der Waals surface area contributed by atoms with Gasteiger partial charge in [0.15, 0.2) is 0 Å². The Morgan fingerprint density at radius 2 is 2.27 bits per heavy atom. The first-order chi connectivity index (χ1) is 10.6.